The number of halogens is 4. The number of nitrogens with zero attached hydrogens (tertiary/aromatic N) is 5. The van der Waals surface area contributed by atoms with E-state index in [1.165, 1.54) is 28.4 Å². The Hall–Kier alpha value is -2.46. The fourth-order valence-corrected chi connectivity index (χ4v) is 4.20. The van der Waals surface area contributed by atoms with Gasteiger partial charge in [-0.3, -0.25) is 9.36 Å². The van der Waals surface area contributed by atoms with Crippen LogP contribution in [0.1, 0.15) is 33.7 Å². The minimum absolute atomic E-state index is 0.0548. The van der Waals surface area contributed by atoms with Crippen LogP contribution in [0.3, 0.4) is 0 Å². The molecule has 0 N–H and O–H groups in total. The quantitative estimate of drug-likeness (QED) is 0.603. The SMILES string of the molecule is Cc1nc(-c2nnc3n2CC(C)N(Cc2cccc(C(F)(F)F)c2Cl)C3=O)cs1. The van der Waals surface area contributed by atoms with Crippen molar-refractivity contribution in [2.24, 2.45) is 0 Å². The van der Waals surface area contributed by atoms with Crippen molar-refractivity contribution < 1.29 is 18.0 Å². The lowest BCUT2D eigenvalue weighted by molar-refractivity contribution is -0.137. The molecule has 0 saturated heterocycles. The number of hydrogen-bond donors (Lipinski definition) is 0. The number of rotatable bonds is 3. The van der Waals surface area contributed by atoms with Crippen molar-refractivity contribution in [3.63, 3.8) is 0 Å². The molecule has 1 amide bonds. The van der Waals surface area contributed by atoms with Crippen LogP contribution in [0.4, 0.5) is 13.2 Å². The van der Waals surface area contributed by atoms with Crippen molar-refractivity contribution in [3.8, 4) is 11.5 Å². The largest absolute Gasteiger partial charge is 0.417 e. The summed E-state index contributed by atoms with van der Waals surface area (Å²) in [5.41, 5.74) is -0.0521. The topological polar surface area (TPSA) is 63.9 Å². The van der Waals surface area contributed by atoms with E-state index < -0.39 is 22.7 Å². The van der Waals surface area contributed by atoms with E-state index in [2.05, 4.69) is 15.2 Å². The predicted molar refractivity (Wildman–Crippen MR) is 102 cm³/mol. The van der Waals surface area contributed by atoms with Crippen LogP contribution < -0.4 is 0 Å². The van der Waals surface area contributed by atoms with Gasteiger partial charge in [-0.15, -0.1) is 21.5 Å². The fraction of sp³-hybridized carbons (Fsp3) is 0.333. The van der Waals surface area contributed by atoms with E-state index in [0.29, 0.717) is 18.1 Å². The second-order valence-electron chi connectivity index (χ2n) is 6.77. The fourth-order valence-electron chi connectivity index (χ4n) is 3.31. The molecule has 0 radical (unpaired) electrons. The summed E-state index contributed by atoms with van der Waals surface area (Å²) in [4.78, 5) is 18.8. The second-order valence-corrected chi connectivity index (χ2v) is 8.21. The van der Waals surface area contributed by atoms with Crippen molar-refractivity contribution in [1.82, 2.24) is 24.6 Å². The number of carbonyl (C=O) groups excluding carboxylic acids is 1. The van der Waals surface area contributed by atoms with Gasteiger partial charge < -0.3 is 4.90 Å². The van der Waals surface area contributed by atoms with Gasteiger partial charge in [-0.1, -0.05) is 23.7 Å². The Kier molecular flexibility index (Phi) is 4.86. The average molecular weight is 442 g/mol. The van der Waals surface area contributed by atoms with E-state index in [-0.39, 0.29) is 24.0 Å². The lowest BCUT2D eigenvalue weighted by Gasteiger charge is -2.34. The summed E-state index contributed by atoms with van der Waals surface area (Å²) in [7, 11) is 0. The molecule has 1 aliphatic rings. The summed E-state index contributed by atoms with van der Waals surface area (Å²) in [5.74, 6) is 0.219. The molecule has 0 bridgehead atoms. The minimum Gasteiger partial charge on any atom is -0.327 e. The number of carbonyl (C=O) groups is 1. The monoisotopic (exact) mass is 441 g/mol. The number of hydrogen-bond acceptors (Lipinski definition) is 5. The van der Waals surface area contributed by atoms with Crippen LogP contribution in [0.2, 0.25) is 5.02 Å². The van der Waals surface area contributed by atoms with Crippen LogP contribution in [-0.2, 0) is 19.3 Å². The summed E-state index contributed by atoms with van der Waals surface area (Å²) in [6, 6.07) is 3.40. The number of aromatic nitrogens is 4. The maximum absolute atomic E-state index is 13.1. The Balaban J connectivity index is 1.66. The van der Waals surface area contributed by atoms with Crippen LogP contribution in [0.5, 0.6) is 0 Å². The number of alkyl halides is 3. The smallest absolute Gasteiger partial charge is 0.327 e. The Morgan fingerprint density at radius 3 is 2.66 bits per heavy atom. The molecular weight excluding hydrogens is 427 g/mol. The van der Waals surface area contributed by atoms with Gasteiger partial charge in [0.05, 0.1) is 15.6 Å². The third-order valence-electron chi connectivity index (χ3n) is 4.75. The van der Waals surface area contributed by atoms with Gasteiger partial charge in [0.15, 0.2) is 5.82 Å². The maximum atomic E-state index is 13.1. The Labute approximate surface area is 173 Å². The molecule has 1 atom stereocenters. The van der Waals surface area contributed by atoms with Gasteiger partial charge in [-0.05, 0) is 25.5 Å². The van der Waals surface area contributed by atoms with Gasteiger partial charge in [0.1, 0.15) is 5.69 Å². The molecule has 4 rings (SSSR count). The zero-order valence-electron chi connectivity index (χ0n) is 15.4. The van der Waals surface area contributed by atoms with E-state index in [1.54, 1.807) is 4.57 Å². The second kappa shape index (κ2) is 7.10. The van der Waals surface area contributed by atoms with Crippen molar-refractivity contribution in [2.45, 2.75) is 39.2 Å². The first-order chi connectivity index (χ1) is 13.7. The molecule has 11 heteroatoms. The average Bonchev–Trinajstić information content (AvgIpc) is 3.25. The first-order valence-corrected chi connectivity index (χ1v) is 9.94. The van der Waals surface area contributed by atoms with Crippen LogP contribution >= 0.6 is 22.9 Å². The van der Waals surface area contributed by atoms with Gasteiger partial charge in [-0.2, -0.15) is 13.2 Å². The maximum Gasteiger partial charge on any atom is 0.417 e. The van der Waals surface area contributed by atoms with E-state index in [1.807, 2.05) is 19.2 Å². The number of thiazole rings is 1. The molecule has 0 aliphatic carbocycles. The van der Waals surface area contributed by atoms with E-state index >= 15 is 0 Å². The number of amides is 1. The molecule has 1 aliphatic heterocycles. The molecule has 1 unspecified atom stereocenters. The molecule has 0 saturated carbocycles. The van der Waals surface area contributed by atoms with Crippen LogP contribution in [0.15, 0.2) is 23.6 Å². The first kappa shape index (κ1) is 19.8. The van der Waals surface area contributed by atoms with Gasteiger partial charge in [0, 0.05) is 24.5 Å². The van der Waals surface area contributed by atoms with Crippen molar-refractivity contribution in [2.75, 3.05) is 0 Å². The molecular formula is C18H15ClF3N5OS. The van der Waals surface area contributed by atoms with Crippen LogP contribution in [-0.4, -0.2) is 36.6 Å². The summed E-state index contributed by atoms with van der Waals surface area (Å²) < 4.78 is 41.1. The highest BCUT2D eigenvalue weighted by Gasteiger charge is 2.37. The van der Waals surface area contributed by atoms with Gasteiger partial charge >= 0.3 is 6.18 Å². The molecule has 6 nitrogen and oxygen atoms in total. The van der Waals surface area contributed by atoms with Gasteiger partial charge in [-0.25, -0.2) is 4.98 Å². The van der Waals surface area contributed by atoms with Crippen LogP contribution in [0.25, 0.3) is 11.5 Å². The molecule has 0 fully saturated rings. The molecule has 1 aromatic carbocycles. The number of benzene rings is 1. The standard InChI is InChI=1S/C18H15ClF3N5OS/c1-9-6-27-15(13-8-29-10(2)23-13)24-25-16(27)17(28)26(9)7-11-4-3-5-12(14(11)19)18(20,21)22/h3-5,8-9H,6-7H2,1-2H3. The predicted octanol–water partition coefficient (Wildman–Crippen LogP) is 4.43. The Morgan fingerprint density at radius 1 is 1.28 bits per heavy atom. The lowest BCUT2D eigenvalue weighted by Crippen LogP contribution is -2.46. The first-order valence-electron chi connectivity index (χ1n) is 8.68. The Bertz CT molecular complexity index is 1090. The Morgan fingerprint density at radius 2 is 2.00 bits per heavy atom. The summed E-state index contributed by atoms with van der Waals surface area (Å²) >= 11 is 7.46. The van der Waals surface area contributed by atoms with Crippen molar-refractivity contribution >= 4 is 28.8 Å². The molecule has 3 heterocycles. The van der Waals surface area contributed by atoms with E-state index in [0.717, 1.165) is 11.1 Å². The van der Waals surface area contributed by atoms with Gasteiger partial charge in [0.25, 0.3) is 5.91 Å². The minimum atomic E-state index is -4.56. The molecule has 2 aromatic heterocycles. The molecule has 0 spiro atoms. The summed E-state index contributed by atoms with van der Waals surface area (Å²) in [5, 5.41) is 10.4. The zero-order valence-corrected chi connectivity index (χ0v) is 16.9. The summed E-state index contributed by atoms with van der Waals surface area (Å²) in [6.07, 6.45) is -4.56. The highest BCUT2D eigenvalue weighted by Crippen LogP contribution is 2.37. The highest BCUT2D eigenvalue weighted by molar-refractivity contribution is 7.09. The third-order valence-corrected chi connectivity index (χ3v) is 5.97. The normalized spacial score (nSPS) is 17.0. The van der Waals surface area contributed by atoms with E-state index in [4.69, 9.17) is 11.6 Å². The van der Waals surface area contributed by atoms with Crippen molar-refractivity contribution in [3.05, 3.63) is 50.6 Å². The van der Waals surface area contributed by atoms with E-state index in [9.17, 15) is 18.0 Å². The highest BCUT2D eigenvalue weighted by atomic mass is 35.5. The zero-order chi connectivity index (χ0) is 20.9. The lowest BCUT2D eigenvalue weighted by atomic mass is 10.1. The summed E-state index contributed by atoms with van der Waals surface area (Å²) in [6.45, 7) is 4.03. The van der Waals surface area contributed by atoms with Crippen molar-refractivity contribution in [1.29, 1.82) is 0 Å². The van der Waals surface area contributed by atoms with Crippen LogP contribution in [0, 0.1) is 6.92 Å². The third kappa shape index (κ3) is 3.51. The molecule has 3 aromatic rings. The number of aryl methyl sites for hydroxylation is 1. The molecule has 29 heavy (non-hydrogen) atoms. The van der Waals surface area contributed by atoms with Gasteiger partial charge in [0.2, 0.25) is 5.82 Å². The molecule has 152 valence electrons. The number of fused-ring (bicyclic) bond motifs is 1.